The van der Waals surface area contributed by atoms with Crippen LogP contribution in [0, 0.1) is 4.77 Å². The van der Waals surface area contributed by atoms with Crippen LogP contribution in [-0.2, 0) is 7.05 Å². The highest BCUT2D eigenvalue weighted by Crippen LogP contribution is 2.19. The van der Waals surface area contributed by atoms with Gasteiger partial charge in [-0.3, -0.25) is 9.78 Å². The molecule has 2 rings (SSSR count). The van der Waals surface area contributed by atoms with Gasteiger partial charge < -0.3 is 0 Å². The van der Waals surface area contributed by atoms with E-state index in [9.17, 15) is 0 Å². The zero-order chi connectivity index (χ0) is 11.7. The predicted octanol–water partition coefficient (Wildman–Crippen LogP) is 3.27. The molecular formula is C12H15N3S. The fourth-order valence-corrected chi connectivity index (χ4v) is 1.69. The number of benzene rings is 1. The molecule has 1 aromatic heterocycles. The highest BCUT2D eigenvalue weighted by molar-refractivity contribution is 7.71. The highest BCUT2D eigenvalue weighted by Gasteiger charge is 2.04. The van der Waals surface area contributed by atoms with Crippen LogP contribution in [0.1, 0.15) is 25.3 Å². The number of aromatic amines is 1. The van der Waals surface area contributed by atoms with Gasteiger partial charge in [-0.05, 0) is 23.7 Å². The van der Waals surface area contributed by atoms with E-state index in [0.29, 0.717) is 10.7 Å². The zero-order valence-corrected chi connectivity index (χ0v) is 10.5. The van der Waals surface area contributed by atoms with Gasteiger partial charge in [0.15, 0.2) is 5.82 Å². The van der Waals surface area contributed by atoms with Crippen molar-refractivity contribution < 1.29 is 0 Å². The number of H-pyrrole nitrogens is 1. The van der Waals surface area contributed by atoms with Crippen molar-refractivity contribution in [2.45, 2.75) is 19.8 Å². The monoisotopic (exact) mass is 233 g/mol. The summed E-state index contributed by atoms with van der Waals surface area (Å²) in [4.78, 5) is 4.28. The van der Waals surface area contributed by atoms with Crippen molar-refractivity contribution in [2.24, 2.45) is 7.05 Å². The molecule has 0 radical (unpaired) electrons. The first kappa shape index (κ1) is 11.1. The fraction of sp³-hybridized carbons (Fsp3) is 0.333. The van der Waals surface area contributed by atoms with Gasteiger partial charge in [0, 0.05) is 12.6 Å². The van der Waals surface area contributed by atoms with Gasteiger partial charge in [0.2, 0.25) is 4.77 Å². The predicted molar refractivity (Wildman–Crippen MR) is 67.9 cm³/mol. The van der Waals surface area contributed by atoms with Gasteiger partial charge in [0.1, 0.15) is 0 Å². The first-order valence-corrected chi connectivity index (χ1v) is 5.72. The standard InChI is InChI=1S/C12H15N3S/c1-8(2)9-4-6-10(7-5-9)11-13-12(16)15(3)14-11/h4-8H,1-3H3,(H,13,14,16). The van der Waals surface area contributed by atoms with E-state index in [-0.39, 0.29) is 0 Å². The number of rotatable bonds is 2. The van der Waals surface area contributed by atoms with E-state index in [2.05, 4.69) is 48.2 Å². The zero-order valence-electron chi connectivity index (χ0n) is 9.69. The van der Waals surface area contributed by atoms with Crippen LogP contribution in [-0.4, -0.2) is 14.8 Å². The summed E-state index contributed by atoms with van der Waals surface area (Å²) in [6, 6.07) is 8.41. The normalized spacial score (nSPS) is 11.0. The van der Waals surface area contributed by atoms with Crippen molar-refractivity contribution in [3.8, 4) is 11.4 Å². The Morgan fingerprint density at radius 3 is 2.31 bits per heavy atom. The summed E-state index contributed by atoms with van der Waals surface area (Å²) < 4.78 is 2.31. The maximum absolute atomic E-state index is 5.06. The average molecular weight is 233 g/mol. The largest absolute Gasteiger partial charge is 0.279 e. The maximum Gasteiger partial charge on any atom is 0.216 e. The van der Waals surface area contributed by atoms with Gasteiger partial charge in [-0.1, -0.05) is 38.1 Å². The van der Waals surface area contributed by atoms with E-state index in [1.54, 1.807) is 4.68 Å². The smallest absolute Gasteiger partial charge is 0.216 e. The molecule has 0 saturated carbocycles. The third-order valence-electron chi connectivity index (χ3n) is 2.62. The highest BCUT2D eigenvalue weighted by atomic mass is 32.1. The number of nitrogens with zero attached hydrogens (tertiary/aromatic N) is 2. The molecule has 0 atom stereocenters. The van der Waals surface area contributed by atoms with Crippen LogP contribution in [0.25, 0.3) is 11.4 Å². The molecule has 0 saturated heterocycles. The molecule has 0 amide bonds. The number of hydrogen-bond acceptors (Lipinski definition) is 2. The molecule has 0 aliphatic carbocycles. The second-order valence-corrected chi connectivity index (χ2v) is 4.56. The van der Waals surface area contributed by atoms with Crippen LogP contribution in [0.4, 0.5) is 0 Å². The van der Waals surface area contributed by atoms with Crippen molar-refractivity contribution in [2.75, 3.05) is 0 Å². The molecule has 0 bridgehead atoms. The van der Waals surface area contributed by atoms with Crippen LogP contribution in [0.2, 0.25) is 0 Å². The van der Waals surface area contributed by atoms with Gasteiger partial charge in [0.25, 0.3) is 0 Å². The lowest BCUT2D eigenvalue weighted by Crippen LogP contribution is -1.90. The number of nitrogens with one attached hydrogen (secondary N) is 1. The summed E-state index contributed by atoms with van der Waals surface area (Å²) in [5.41, 5.74) is 2.40. The van der Waals surface area contributed by atoms with Crippen molar-refractivity contribution in [3.63, 3.8) is 0 Å². The van der Waals surface area contributed by atoms with E-state index in [1.165, 1.54) is 5.56 Å². The van der Waals surface area contributed by atoms with Crippen molar-refractivity contribution >= 4 is 12.2 Å². The molecule has 3 nitrogen and oxygen atoms in total. The first-order chi connectivity index (χ1) is 7.58. The molecule has 4 heteroatoms. The molecule has 1 heterocycles. The second-order valence-electron chi connectivity index (χ2n) is 4.19. The number of aromatic nitrogens is 3. The first-order valence-electron chi connectivity index (χ1n) is 5.31. The lowest BCUT2D eigenvalue weighted by molar-refractivity contribution is 0.756. The fourth-order valence-electron chi connectivity index (χ4n) is 1.56. The van der Waals surface area contributed by atoms with E-state index in [0.717, 1.165) is 11.4 Å². The minimum atomic E-state index is 0.552. The van der Waals surface area contributed by atoms with Crippen LogP contribution in [0.15, 0.2) is 24.3 Å². The molecule has 0 aliphatic heterocycles. The third-order valence-corrected chi connectivity index (χ3v) is 2.98. The minimum Gasteiger partial charge on any atom is -0.279 e. The second kappa shape index (κ2) is 4.22. The third kappa shape index (κ3) is 2.07. The van der Waals surface area contributed by atoms with Gasteiger partial charge in [-0.2, -0.15) is 4.98 Å². The lowest BCUT2D eigenvalue weighted by Gasteiger charge is -2.05. The molecule has 0 fully saturated rings. The Morgan fingerprint density at radius 2 is 1.88 bits per heavy atom. The van der Waals surface area contributed by atoms with Gasteiger partial charge in [0.05, 0.1) is 0 Å². The van der Waals surface area contributed by atoms with Crippen molar-refractivity contribution in [1.29, 1.82) is 0 Å². The van der Waals surface area contributed by atoms with Crippen LogP contribution in [0.3, 0.4) is 0 Å². The molecule has 84 valence electrons. The van der Waals surface area contributed by atoms with Gasteiger partial charge >= 0.3 is 0 Å². The van der Waals surface area contributed by atoms with E-state index in [1.807, 2.05) is 7.05 Å². The summed E-state index contributed by atoms with van der Waals surface area (Å²) in [5, 5.41) is 3.11. The molecular weight excluding hydrogens is 218 g/mol. The lowest BCUT2D eigenvalue weighted by atomic mass is 10.0. The van der Waals surface area contributed by atoms with Crippen molar-refractivity contribution in [3.05, 3.63) is 34.6 Å². The molecule has 2 aromatic rings. The van der Waals surface area contributed by atoms with Crippen LogP contribution < -0.4 is 0 Å². The SMILES string of the molecule is CC(C)c1ccc(-c2nc(=S)n(C)[nH]2)cc1. The Bertz CT molecular complexity index is 534. The van der Waals surface area contributed by atoms with Crippen molar-refractivity contribution in [1.82, 2.24) is 14.8 Å². The quantitative estimate of drug-likeness (QED) is 0.808. The van der Waals surface area contributed by atoms with E-state index < -0.39 is 0 Å². The molecule has 1 aromatic carbocycles. The maximum atomic E-state index is 5.06. The van der Waals surface area contributed by atoms with Gasteiger partial charge in [-0.25, -0.2) is 0 Å². The molecule has 0 unspecified atom stereocenters. The van der Waals surface area contributed by atoms with Gasteiger partial charge in [-0.15, -0.1) is 0 Å². The Hall–Kier alpha value is -1.42. The summed E-state index contributed by atoms with van der Waals surface area (Å²) in [6.07, 6.45) is 0. The Kier molecular flexibility index (Phi) is 2.92. The van der Waals surface area contributed by atoms with E-state index >= 15 is 0 Å². The average Bonchev–Trinajstić information content (AvgIpc) is 2.59. The van der Waals surface area contributed by atoms with Crippen LogP contribution >= 0.6 is 12.2 Å². The summed E-state index contributed by atoms with van der Waals surface area (Å²) >= 11 is 5.06. The summed E-state index contributed by atoms with van der Waals surface area (Å²) in [5.74, 6) is 1.37. The van der Waals surface area contributed by atoms with E-state index in [4.69, 9.17) is 12.2 Å². The summed E-state index contributed by atoms with van der Waals surface area (Å²) in [6.45, 7) is 4.37. The number of hydrogen-bond donors (Lipinski definition) is 1. The topological polar surface area (TPSA) is 33.6 Å². The molecule has 1 N–H and O–H groups in total. The Labute approximate surface area is 100 Å². The Morgan fingerprint density at radius 1 is 1.25 bits per heavy atom. The molecule has 16 heavy (non-hydrogen) atoms. The Balaban J connectivity index is 2.38. The number of aryl methyl sites for hydroxylation is 1. The summed E-state index contributed by atoms with van der Waals surface area (Å²) in [7, 11) is 1.86. The molecule has 0 aliphatic rings. The van der Waals surface area contributed by atoms with Crippen LogP contribution in [0.5, 0.6) is 0 Å². The molecule has 0 spiro atoms. The minimum absolute atomic E-state index is 0.552.